The first-order chi connectivity index (χ1) is 8.20. The topological polar surface area (TPSA) is 37.3 Å². The van der Waals surface area contributed by atoms with E-state index in [1.54, 1.807) is 0 Å². The number of fused-ring (bicyclic) bond motifs is 3. The molecule has 2 aromatic rings. The average Bonchev–Trinajstić information content (AvgIpc) is 2.64. The number of rotatable bonds is 1. The Morgan fingerprint density at radius 1 is 1.06 bits per heavy atom. The monoisotopic (exact) mass is 224 g/mol. The van der Waals surface area contributed by atoms with Gasteiger partial charge in [0.15, 0.2) is 0 Å². The molecule has 1 aliphatic carbocycles. The summed E-state index contributed by atoms with van der Waals surface area (Å²) in [5, 5.41) is 9.40. The van der Waals surface area contributed by atoms with Crippen molar-refractivity contribution in [2.45, 2.75) is 12.8 Å². The lowest BCUT2D eigenvalue weighted by molar-refractivity contribution is -0.137. The van der Waals surface area contributed by atoms with Gasteiger partial charge in [-0.2, -0.15) is 0 Å². The van der Waals surface area contributed by atoms with Crippen molar-refractivity contribution in [2.24, 2.45) is 0 Å². The molecule has 0 fully saturated rings. The maximum Gasteiger partial charge on any atom is 0.315 e. The molecule has 2 heteroatoms. The van der Waals surface area contributed by atoms with Crippen LogP contribution in [-0.2, 0) is 4.79 Å². The van der Waals surface area contributed by atoms with E-state index >= 15 is 0 Å². The summed E-state index contributed by atoms with van der Waals surface area (Å²) in [4.78, 5) is 11.4. The van der Waals surface area contributed by atoms with Gasteiger partial charge in [0.2, 0.25) is 0 Å². The van der Waals surface area contributed by atoms with E-state index in [1.165, 1.54) is 0 Å². The van der Waals surface area contributed by atoms with Crippen molar-refractivity contribution in [2.75, 3.05) is 0 Å². The van der Waals surface area contributed by atoms with Crippen LogP contribution in [0, 0.1) is 6.92 Å². The number of hydrogen-bond donors (Lipinski definition) is 1. The van der Waals surface area contributed by atoms with E-state index in [9.17, 15) is 9.90 Å². The van der Waals surface area contributed by atoms with Crippen LogP contribution in [-0.4, -0.2) is 11.1 Å². The number of carboxylic acids is 1. The molecule has 1 atom stereocenters. The van der Waals surface area contributed by atoms with Crippen molar-refractivity contribution in [3.63, 3.8) is 0 Å². The van der Waals surface area contributed by atoms with Gasteiger partial charge in [-0.3, -0.25) is 4.79 Å². The van der Waals surface area contributed by atoms with Crippen LogP contribution in [0.5, 0.6) is 0 Å². The fraction of sp³-hybridized carbons (Fsp3) is 0.133. The summed E-state index contributed by atoms with van der Waals surface area (Å²) >= 11 is 0. The summed E-state index contributed by atoms with van der Waals surface area (Å²) in [6.45, 7) is 2.03. The lowest BCUT2D eigenvalue weighted by Crippen LogP contribution is -2.09. The van der Waals surface area contributed by atoms with Crippen LogP contribution < -0.4 is 0 Å². The van der Waals surface area contributed by atoms with Gasteiger partial charge >= 0.3 is 5.97 Å². The highest BCUT2D eigenvalue weighted by Gasteiger charge is 2.33. The van der Waals surface area contributed by atoms with Crippen LogP contribution in [0.3, 0.4) is 0 Å². The van der Waals surface area contributed by atoms with Crippen LogP contribution in [0.25, 0.3) is 11.1 Å². The largest absolute Gasteiger partial charge is 0.481 e. The zero-order chi connectivity index (χ0) is 12.0. The minimum absolute atomic E-state index is 0.513. The average molecular weight is 224 g/mol. The molecule has 1 N–H and O–H groups in total. The van der Waals surface area contributed by atoms with Crippen LogP contribution in [0.1, 0.15) is 22.6 Å². The van der Waals surface area contributed by atoms with E-state index in [1.807, 2.05) is 49.4 Å². The molecule has 0 aromatic heterocycles. The minimum atomic E-state index is -0.776. The van der Waals surface area contributed by atoms with Crippen LogP contribution in [0.15, 0.2) is 42.5 Å². The summed E-state index contributed by atoms with van der Waals surface area (Å²) in [6, 6.07) is 13.6. The Balaban J connectivity index is 2.38. The fourth-order valence-electron chi connectivity index (χ4n) is 2.71. The molecule has 0 aliphatic heterocycles. The van der Waals surface area contributed by atoms with E-state index in [-0.39, 0.29) is 0 Å². The molecule has 1 aliphatic rings. The van der Waals surface area contributed by atoms with Gasteiger partial charge in [0.1, 0.15) is 5.92 Å². The Bertz CT molecular complexity index is 614. The molecule has 3 rings (SSSR count). The predicted molar refractivity (Wildman–Crippen MR) is 66.1 cm³/mol. The SMILES string of the molecule is Cc1cccc2c1-c1ccccc1C2C(=O)O. The first kappa shape index (κ1) is 10.1. The third-order valence-corrected chi connectivity index (χ3v) is 3.40. The maximum absolute atomic E-state index is 11.4. The fourth-order valence-corrected chi connectivity index (χ4v) is 2.71. The lowest BCUT2D eigenvalue weighted by atomic mass is 9.96. The smallest absolute Gasteiger partial charge is 0.315 e. The number of aliphatic carboxylic acids is 1. The number of benzene rings is 2. The van der Waals surface area contributed by atoms with Gasteiger partial charge in [0, 0.05) is 0 Å². The number of carbonyl (C=O) groups is 1. The highest BCUT2D eigenvalue weighted by molar-refractivity contribution is 5.93. The number of hydrogen-bond acceptors (Lipinski definition) is 1. The Hall–Kier alpha value is -2.09. The Morgan fingerprint density at radius 2 is 1.76 bits per heavy atom. The van der Waals surface area contributed by atoms with E-state index in [2.05, 4.69) is 0 Å². The highest BCUT2D eigenvalue weighted by Crippen LogP contribution is 2.46. The lowest BCUT2D eigenvalue weighted by Gasteiger charge is -2.07. The quantitative estimate of drug-likeness (QED) is 0.807. The second-order valence-corrected chi connectivity index (χ2v) is 4.40. The highest BCUT2D eigenvalue weighted by atomic mass is 16.4. The van der Waals surface area contributed by atoms with Crippen molar-refractivity contribution in [1.82, 2.24) is 0 Å². The molecule has 0 radical (unpaired) electrons. The molecule has 0 saturated carbocycles. The van der Waals surface area contributed by atoms with Crippen molar-refractivity contribution >= 4 is 5.97 Å². The molecule has 0 bridgehead atoms. The van der Waals surface area contributed by atoms with Crippen LogP contribution in [0.2, 0.25) is 0 Å². The third kappa shape index (κ3) is 1.30. The van der Waals surface area contributed by atoms with Gasteiger partial charge in [-0.05, 0) is 34.7 Å². The standard InChI is InChI=1S/C15H12O2/c1-9-5-4-8-12-13(9)10-6-2-3-7-11(10)14(12)15(16)17/h2-8,14H,1H3,(H,16,17). The van der Waals surface area contributed by atoms with Gasteiger partial charge in [0.05, 0.1) is 0 Å². The third-order valence-electron chi connectivity index (χ3n) is 3.40. The van der Waals surface area contributed by atoms with Crippen molar-refractivity contribution < 1.29 is 9.90 Å². The number of carboxylic acid groups (broad SMARTS) is 1. The summed E-state index contributed by atoms with van der Waals surface area (Å²) in [5.41, 5.74) is 5.12. The second-order valence-electron chi connectivity index (χ2n) is 4.40. The normalized spacial score (nSPS) is 16.4. The van der Waals surface area contributed by atoms with Gasteiger partial charge in [-0.15, -0.1) is 0 Å². The summed E-state index contributed by atoms with van der Waals surface area (Å²) < 4.78 is 0. The zero-order valence-electron chi connectivity index (χ0n) is 9.47. The Labute approximate surface area is 99.5 Å². The predicted octanol–water partition coefficient (Wildman–Crippen LogP) is 3.19. The van der Waals surface area contributed by atoms with Crippen molar-refractivity contribution in [1.29, 1.82) is 0 Å². The summed E-state index contributed by atoms with van der Waals surface area (Å²) in [6.07, 6.45) is 0. The first-order valence-corrected chi connectivity index (χ1v) is 5.62. The molecule has 17 heavy (non-hydrogen) atoms. The molecule has 84 valence electrons. The van der Waals surface area contributed by atoms with Gasteiger partial charge in [-0.1, -0.05) is 42.5 Å². The van der Waals surface area contributed by atoms with Gasteiger partial charge < -0.3 is 5.11 Å². The Morgan fingerprint density at radius 3 is 2.53 bits per heavy atom. The summed E-state index contributed by atoms with van der Waals surface area (Å²) in [7, 11) is 0. The van der Waals surface area contributed by atoms with Gasteiger partial charge in [-0.25, -0.2) is 0 Å². The van der Waals surface area contributed by atoms with Crippen molar-refractivity contribution in [3.05, 3.63) is 59.2 Å². The molecule has 0 spiro atoms. The van der Waals surface area contributed by atoms with E-state index in [0.717, 1.165) is 27.8 Å². The van der Waals surface area contributed by atoms with Crippen LogP contribution >= 0.6 is 0 Å². The van der Waals surface area contributed by atoms with E-state index in [0.29, 0.717) is 0 Å². The number of aryl methyl sites for hydroxylation is 1. The molecule has 2 aromatic carbocycles. The molecule has 0 amide bonds. The van der Waals surface area contributed by atoms with E-state index in [4.69, 9.17) is 0 Å². The molecule has 2 nitrogen and oxygen atoms in total. The Kier molecular flexibility index (Phi) is 2.05. The molecule has 1 unspecified atom stereocenters. The zero-order valence-corrected chi connectivity index (χ0v) is 9.47. The van der Waals surface area contributed by atoms with Crippen LogP contribution in [0.4, 0.5) is 0 Å². The van der Waals surface area contributed by atoms with Gasteiger partial charge in [0.25, 0.3) is 0 Å². The first-order valence-electron chi connectivity index (χ1n) is 5.62. The molecule has 0 saturated heterocycles. The van der Waals surface area contributed by atoms with E-state index < -0.39 is 11.9 Å². The molecular weight excluding hydrogens is 212 g/mol. The maximum atomic E-state index is 11.4. The molecular formula is C15H12O2. The van der Waals surface area contributed by atoms with Crippen molar-refractivity contribution in [3.8, 4) is 11.1 Å². The minimum Gasteiger partial charge on any atom is -0.481 e. The summed E-state index contributed by atoms with van der Waals surface area (Å²) in [5.74, 6) is -1.29. The second kappa shape index (κ2) is 3.45. The molecule has 0 heterocycles.